The van der Waals surface area contributed by atoms with Crippen molar-refractivity contribution in [2.24, 2.45) is 12.5 Å². The predicted octanol–water partition coefficient (Wildman–Crippen LogP) is 8.81. The normalized spacial score (nSPS) is 13.4. The number of rotatable bonds is 1. The zero-order valence-corrected chi connectivity index (χ0v) is 21.7. The van der Waals surface area contributed by atoms with Gasteiger partial charge < -0.3 is 4.42 Å². The lowest BCUT2D eigenvalue weighted by Gasteiger charge is -2.27. The number of nitrogens with zero attached hydrogens (tertiary/aromatic N) is 1. The third-order valence-corrected chi connectivity index (χ3v) is 9.17. The molecule has 0 unspecified atom stereocenters. The first-order valence-electron chi connectivity index (χ1n) is 11.8. The molecule has 1 aliphatic heterocycles. The maximum Gasteiger partial charge on any atom is 0.222 e. The molecular formula is C30H26NOS2+. The summed E-state index contributed by atoms with van der Waals surface area (Å²) < 4.78 is 8.82. The smallest absolute Gasteiger partial charge is 0.222 e. The Balaban J connectivity index is 1.70. The van der Waals surface area contributed by atoms with E-state index in [2.05, 4.69) is 93.4 Å². The van der Waals surface area contributed by atoms with Crippen molar-refractivity contribution >= 4 is 65.9 Å². The summed E-state index contributed by atoms with van der Waals surface area (Å²) in [6.07, 6.45) is 3.25. The fraction of sp³-hybridized carbons (Fsp3) is 0.233. The van der Waals surface area contributed by atoms with Gasteiger partial charge in [0.05, 0.1) is 15.8 Å². The highest BCUT2D eigenvalue weighted by Crippen LogP contribution is 2.55. The number of hydrogen-bond acceptors (Lipinski definition) is 3. The van der Waals surface area contributed by atoms with Gasteiger partial charge in [-0.25, -0.2) is 4.57 Å². The van der Waals surface area contributed by atoms with Gasteiger partial charge in [0.25, 0.3) is 0 Å². The largest absolute Gasteiger partial charge is 0.444 e. The molecule has 34 heavy (non-hydrogen) atoms. The van der Waals surface area contributed by atoms with E-state index in [-0.39, 0.29) is 5.41 Å². The molecule has 0 saturated carbocycles. The molecule has 0 aliphatic carbocycles. The first-order chi connectivity index (χ1) is 16.3. The van der Waals surface area contributed by atoms with E-state index in [9.17, 15) is 0 Å². The molecule has 0 atom stereocenters. The zero-order chi connectivity index (χ0) is 23.4. The lowest BCUT2D eigenvalue weighted by molar-refractivity contribution is -0.659. The quantitative estimate of drug-likeness (QED) is 0.218. The van der Waals surface area contributed by atoms with Crippen molar-refractivity contribution in [3.05, 3.63) is 65.2 Å². The molecule has 4 heterocycles. The first-order valence-corrected chi connectivity index (χ1v) is 13.5. The molecule has 168 valence electrons. The lowest BCUT2D eigenvalue weighted by atomic mass is 9.83. The monoisotopic (exact) mass is 480 g/mol. The van der Waals surface area contributed by atoms with Gasteiger partial charge in [-0.05, 0) is 63.6 Å². The van der Waals surface area contributed by atoms with Crippen LogP contribution in [0.4, 0.5) is 0 Å². The van der Waals surface area contributed by atoms with E-state index in [0.29, 0.717) is 0 Å². The molecule has 4 heteroatoms. The van der Waals surface area contributed by atoms with Gasteiger partial charge in [0, 0.05) is 21.7 Å². The van der Waals surface area contributed by atoms with E-state index in [0.717, 1.165) is 16.9 Å². The maximum absolute atomic E-state index is 6.51. The number of aromatic nitrogens is 1. The molecule has 0 N–H and O–H groups in total. The molecule has 0 bridgehead atoms. The van der Waals surface area contributed by atoms with Crippen LogP contribution in [0.15, 0.2) is 68.2 Å². The van der Waals surface area contributed by atoms with Gasteiger partial charge in [0.15, 0.2) is 16.7 Å². The molecular weight excluding hydrogens is 454 g/mol. The van der Waals surface area contributed by atoms with Crippen LogP contribution in [0.25, 0.3) is 54.1 Å². The zero-order valence-electron chi connectivity index (χ0n) is 20.1. The molecule has 0 radical (unpaired) electrons. The van der Waals surface area contributed by atoms with Crippen molar-refractivity contribution in [1.29, 1.82) is 0 Å². The van der Waals surface area contributed by atoms with Crippen LogP contribution in [0.3, 0.4) is 0 Å². The Morgan fingerprint density at radius 3 is 2.53 bits per heavy atom. The summed E-state index contributed by atoms with van der Waals surface area (Å²) in [7, 11) is 2.18. The molecule has 2 nitrogen and oxygen atoms in total. The standard InChI is InChI=1S/C30H26NOS2/c1-16-18-8-6-7-9-19(18)22(15-30(2,3)4)27-23(16)25-24-17(10-12-31(25)5)14-21-20-11-13-33-29(20)32-26(21)28(24)34-27/h6-14H,15H2,1-5H3/q+1. The summed E-state index contributed by atoms with van der Waals surface area (Å²) in [6.45, 7) is 9.33. The Hall–Kier alpha value is -2.82. The van der Waals surface area contributed by atoms with Crippen molar-refractivity contribution in [1.82, 2.24) is 0 Å². The number of benzene rings is 3. The van der Waals surface area contributed by atoms with Gasteiger partial charge in [0.2, 0.25) is 5.69 Å². The van der Waals surface area contributed by atoms with Crippen LogP contribution < -0.4 is 4.57 Å². The summed E-state index contributed by atoms with van der Waals surface area (Å²) in [5.74, 6) is 0. The fourth-order valence-electron chi connectivity index (χ4n) is 5.70. The molecule has 3 aromatic carbocycles. The minimum atomic E-state index is 0.181. The summed E-state index contributed by atoms with van der Waals surface area (Å²) >= 11 is 3.61. The average molecular weight is 481 g/mol. The fourth-order valence-corrected chi connectivity index (χ4v) is 7.89. The topological polar surface area (TPSA) is 17.0 Å². The van der Waals surface area contributed by atoms with Crippen molar-refractivity contribution in [2.75, 3.05) is 0 Å². The predicted molar refractivity (Wildman–Crippen MR) is 145 cm³/mol. The van der Waals surface area contributed by atoms with Crippen LogP contribution in [0.2, 0.25) is 0 Å². The van der Waals surface area contributed by atoms with E-state index in [1.54, 1.807) is 11.3 Å². The Bertz CT molecular complexity index is 1810. The van der Waals surface area contributed by atoms with Crippen LogP contribution in [-0.2, 0) is 13.5 Å². The summed E-state index contributed by atoms with van der Waals surface area (Å²) in [6, 6.07) is 15.7. The van der Waals surface area contributed by atoms with Gasteiger partial charge in [-0.1, -0.05) is 56.8 Å². The highest BCUT2D eigenvalue weighted by molar-refractivity contribution is 8.00. The molecule has 3 aromatic heterocycles. The van der Waals surface area contributed by atoms with E-state index >= 15 is 0 Å². The maximum atomic E-state index is 6.51. The molecule has 0 spiro atoms. The SMILES string of the molecule is Cc1c2c(c(CC(C)(C)C)c3ccccc13)Sc1c3oc4sccc4c3cc3cc[n+](C)c-2c13. The number of furan rings is 1. The van der Waals surface area contributed by atoms with Crippen molar-refractivity contribution in [3.63, 3.8) is 0 Å². The Labute approximate surface area is 207 Å². The Morgan fingerprint density at radius 2 is 1.74 bits per heavy atom. The summed E-state index contributed by atoms with van der Waals surface area (Å²) in [5.41, 5.74) is 6.73. The number of thiophene rings is 1. The third-order valence-electron chi connectivity index (χ3n) is 7.13. The van der Waals surface area contributed by atoms with Crippen molar-refractivity contribution in [2.45, 2.75) is 43.9 Å². The molecule has 6 aromatic rings. The van der Waals surface area contributed by atoms with Gasteiger partial charge in [0.1, 0.15) is 7.05 Å². The molecule has 7 rings (SSSR count). The average Bonchev–Trinajstić information content (AvgIpc) is 3.40. The van der Waals surface area contributed by atoms with Crippen LogP contribution >= 0.6 is 23.1 Å². The number of pyridine rings is 1. The summed E-state index contributed by atoms with van der Waals surface area (Å²) in [4.78, 5) is 3.68. The first kappa shape index (κ1) is 20.5. The molecule has 0 amide bonds. The van der Waals surface area contributed by atoms with Crippen molar-refractivity contribution in [3.8, 4) is 11.3 Å². The summed E-state index contributed by atoms with van der Waals surface area (Å²) in [5, 5.41) is 9.92. The number of fused-ring (bicyclic) bond motifs is 7. The second-order valence-electron chi connectivity index (χ2n) is 10.7. The number of aryl methyl sites for hydroxylation is 2. The number of hydrogen-bond donors (Lipinski definition) is 0. The second kappa shape index (κ2) is 6.87. The minimum absolute atomic E-state index is 0.181. The van der Waals surface area contributed by atoms with Crippen LogP contribution in [0.1, 0.15) is 31.9 Å². The Morgan fingerprint density at radius 1 is 0.941 bits per heavy atom. The highest BCUT2D eigenvalue weighted by Gasteiger charge is 2.34. The molecule has 0 saturated heterocycles. The highest BCUT2D eigenvalue weighted by atomic mass is 32.2. The third kappa shape index (κ3) is 2.73. The van der Waals surface area contributed by atoms with E-state index in [1.807, 2.05) is 11.8 Å². The second-order valence-corrected chi connectivity index (χ2v) is 12.6. The molecule has 1 aliphatic rings. The molecule has 0 fully saturated rings. The van der Waals surface area contributed by atoms with E-state index in [4.69, 9.17) is 4.42 Å². The van der Waals surface area contributed by atoms with E-state index in [1.165, 1.54) is 64.5 Å². The van der Waals surface area contributed by atoms with Gasteiger partial charge in [-0.3, -0.25) is 0 Å². The van der Waals surface area contributed by atoms with Crippen LogP contribution in [-0.4, -0.2) is 0 Å². The van der Waals surface area contributed by atoms with Gasteiger partial charge in [-0.15, -0.1) is 11.3 Å². The van der Waals surface area contributed by atoms with Crippen LogP contribution in [0.5, 0.6) is 0 Å². The van der Waals surface area contributed by atoms with Gasteiger partial charge >= 0.3 is 0 Å². The van der Waals surface area contributed by atoms with E-state index < -0.39 is 0 Å². The van der Waals surface area contributed by atoms with Crippen molar-refractivity contribution < 1.29 is 8.98 Å². The van der Waals surface area contributed by atoms with Crippen LogP contribution in [0, 0.1) is 12.3 Å². The lowest BCUT2D eigenvalue weighted by Crippen LogP contribution is -2.32. The van der Waals surface area contributed by atoms with Gasteiger partial charge in [-0.2, -0.15) is 0 Å². The Kier molecular flexibility index (Phi) is 4.15. The minimum Gasteiger partial charge on any atom is -0.444 e.